The minimum atomic E-state index is -0.166. The molecule has 1 aromatic carbocycles. The van der Waals surface area contributed by atoms with Crippen LogP contribution >= 0.6 is 23.2 Å². The summed E-state index contributed by atoms with van der Waals surface area (Å²) >= 11 is 11.8. The van der Waals surface area contributed by atoms with Crippen LogP contribution in [0.15, 0.2) is 18.2 Å². The molecule has 1 atom stereocenters. The lowest BCUT2D eigenvalue weighted by Gasteiger charge is -2.10. The molecule has 0 aliphatic carbocycles. The fourth-order valence-corrected chi connectivity index (χ4v) is 1.97. The maximum absolute atomic E-state index is 10.9. The summed E-state index contributed by atoms with van der Waals surface area (Å²) in [4.78, 5) is 10.9. The van der Waals surface area contributed by atoms with E-state index in [9.17, 15) is 4.79 Å². The second-order valence-corrected chi connectivity index (χ2v) is 3.92. The molecule has 2 rings (SSSR count). The number of urea groups is 1. The summed E-state index contributed by atoms with van der Waals surface area (Å²) in [6.07, 6.45) is 0. The Bertz CT molecular complexity index is 381. The molecule has 3 nitrogen and oxygen atoms in total. The number of amides is 2. The lowest BCUT2D eigenvalue weighted by Crippen LogP contribution is -2.21. The van der Waals surface area contributed by atoms with Crippen LogP contribution in [0.2, 0.25) is 10.0 Å². The van der Waals surface area contributed by atoms with Gasteiger partial charge in [-0.1, -0.05) is 29.3 Å². The summed E-state index contributed by atoms with van der Waals surface area (Å²) in [5.74, 6) is 0. The summed E-state index contributed by atoms with van der Waals surface area (Å²) < 4.78 is 0. The van der Waals surface area contributed by atoms with Crippen LogP contribution in [0, 0.1) is 0 Å². The Morgan fingerprint density at radius 1 is 1.36 bits per heavy atom. The van der Waals surface area contributed by atoms with Gasteiger partial charge in [-0.15, -0.1) is 0 Å². The third kappa shape index (κ3) is 1.79. The maximum Gasteiger partial charge on any atom is 0.315 e. The molecule has 1 aliphatic heterocycles. The van der Waals surface area contributed by atoms with Gasteiger partial charge in [0.2, 0.25) is 0 Å². The zero-order valence-electron chi connectivity index (χ0n) is 7.18. The smallest absolute Gasteiger partial charge is 0.315 e. The zero-order valence-corrected chi connectivity index (χ0v) is 8.69. The molecule has 0 saturated carbocycles. The Kier molecular flexibility index (Phi) is 2.52. The molecule has 1 heterocycles. The Hall–Kier alpha value is -0.930. The fourth-order valence-electron chi connectivity index (χ4n) is 1.43. The molecule has 74 valence electrons. The molecule has 5 heteroatoms. The van der Waals surface area contributed by atoms with Gasteiger partial charge in [0.25, 0.3) is 0 Å². The highest BCUT2D eigenvalue weighted by molar-refractivity contribution is 6.35. The quantitative estimate of drug-likeness (QED) is 0.765. The first-order valence-electron chi connectivity index (χ1n) is 4.16. The highest BCUT2D eigenvalue weighted by atomic mass is 35.5. The first-order chi connectivity index (χ1) is 6.66. The third-order valence-electron chi connectivity index (χ3n) is 2.11. The van der Waals surface area contributed by atoms with E-state index in [0.717, 1.165) is 5.56 Å². The molecule has 1 fully saturated rings. The molecule has 0 spiro atoms. The SMILES string of the molecule is O=C1NC[C@@H](c2ccc(Cl)cc2Cl)N1. The van der Waals surface area contributed by atoms with Crippen molar-refractivity contribution in [3.8, 4) is 0 Å². The second-order valence-electron chi connectivity index (χ2n) is 3.07. The number of halogens is 2. The summed E-state index contributed by atoms with van der Waals surface area (Å²) in [7, 11) is 0. The van der Waals surface area contributed by atoms with Gasteiger partial charge in [-0.25, -0.2) is 4.79 Å². The van der Waals surface area contributed by atoms with Gasteiger partial charge in [-0.3, -0.25) is 0 Å². The molecule has 2 amide bonds. The van der Waals surface area contributed by atoms with Crippen LogP contribution in [0.25, 0.3) is 0 Å². The average molecular weight is 231 g/mol. The molecule has 1 aromatic rings. The third-order valence-corrected chi connectivity index (χ3v) is 2.67. The van der Waals surface area contributed by atoms with E-state index in [1.165, 1.54) is 0 Å². The van der Waals surface area contributed by atoms with Gasteiger partial charge >= 0.3 is 6.03 Å². The minimum absolute atomic E-state index is 0.0627. The van der Waals surface area contributed by atoms with E-state index in [2.05, 4.69) is 10.6 Å². The van der Waals surface area contributed by atoms with Crippen molar-refractivity contribution in [1.29, 1.82) is 0 Å². The van der Waals surface area contributed by atoms with Gasteiger partial charge in [0.05, 0.1) is 6.04 Å². The first-order valence-corrected chi connectivity index (χ1v) is 4.92. The van der Waals surface area contributed by atoms with Crippen molar-refractivity contribution < 1.29 is 4.79 Å². The normalized spacial score (nSPS) is 20.4. The standard InChI is InChI=1S/C9H8Cl2N2O/c10-5-1-2-6(7(11)3-5)8-4-12-9(14)13-8/h1-3,8H,4H2,(H2,12,13,14)/t8-/m0/s1. The van der Waals surface area contributed by atoms with Crippen LogP contribution in [0.5, 0.6) is 0 Å². The molecular weight excluding hydrogens is 223 g/mol. The van der Waals surface area contributed by atoms with Gasteiger partial charge in [0, 0.05) is 16.6 Å². The van der Waals surface area contributed by atoms with Crippen LogP contribution in [-0.4, -0.2) is 12.6 Å². The number of carbonyl (C=O) groups is 1. The number of rotatable bonds is 1. The maximum atomic E-state index is 10.9. The predicted molar refractivity (Wildman–Crippen MR) is 55.7 cm³/mol. The minimum Gasteiger partial charge on any atom is -0.336 e. The van der Waals surface area contributed by atoms with Gasteiger partial charge < -0.3 is 10.6 Å². The predicted octanol–water partition coefficient (Wildman–Crippen LogP) is 2.35. The van der Waals surface area contributed by atoms with E-state index < -0.39 is 0 Å². The Labute approximate surface area is 91.4 Å². The van der Waals surface area contributed by atoms with Gasteiger partial charge in [0.15, 0.2) is 0 Å². The van der Waals surface area contributed by atoms with Crippen LogP contribution in [-0.2, 0) is 0 Å². The fraction of sp³-hybridized carbons (Fsp3) is 0.222. The van der Waals surface area contributed by atoms with E-state index >= 15 is 0 Å². The monoisotopic (exact) mass is 230 g/mol. The van der Waals surface area contributed by atoms with Crippen molar-refractivity contribution in [1.82, 2.24) is 10.6 Å². The average Bonchev–Trinajstić information content (AvgIpc) is 2.51. The molecule has 2 N–H and O–H groups in total. The summed E-state index contributed by atoms with van der Waals surface area (Å²) in [6.45, 7) is 0.556. The van der Waals surface area contributed by atoms with E-state index in [4.69, 9.17) is 23.2 Å². The number of nitrogens with one attached hydrogen (secondary N) is 2. The van der Waals surface area contributed by atoms with Crippen LogP contribution in [0.3, 0.4) is 0 Å². The van der Waals surface area contributed by atoms with Gasteiger partial charge in [0.1, 0.15) is 0 Å². The summed E-state index contributed by atoms with van der Waals surface area (Å²) in [5.41, 5.74) is 0.884. The Morgan fingerprint density at radius 3 is 2.71 bits per heavy atom. The molecule has 1 saturated heterocycles. The van der Waals surface area contributed by atoms with E-state index in [1.807, 2.05) is 6.07 Å². The summed E-state index contributed by atoms with van der Waals surface area (Å²) in [5, 5.41) is 6.59. The van der Waals surface area contributed by atoms with Crippen molar-refractivity contribution >= 4 is 29.2 Å². The van der Waals surface area contributed by atoms with Crippen molar-refractivity contribution in [2.24, 2.45) is 0 Å². The van der Waals surface area contributed by atoms with Crippen molar-refractivity contribution in [3.05, 3.63) is 33.8 Å². The lowest BCUT2D eigenvalue weighted by molar-refractivity contribution is 0.247. The highest BCUT2D eigenvalue weighted by Gasteiger charge is 2.23. The zero-order chi connectivity index (χ0) is 10.1. The Balaban J connectivity index is 2.28. The van der Waals surface area contributed by atoms with Crippen LogP contribution in [0.1, 0.15) is 11.6 Å². The first kappa shape index (κ1) is 9.62. The molecular formula is C9H8Cl2N2O. The number of benzene rings is 1. The van der Waals surface area contributed by atoms with Crippen LogP contribution < -0.4 is 10.6 Å². The van der Waals surface area contributed by atoms with E-state index in [0.29, 0.717) is 16.6 Å². The van der Waals surface area contributed by atoms with Crippen molar-refractivity contribution in [2.45, 2.75) is 6.04 Å². The molecule has 0 radical (unpaired) electrons. The topological polar surface area (TPSA) is 41.1 Å². The molecule has 0 aromatic heterocycles. The number of hydrogen-bond donors (Lipinski definition) is 2. The molecule has 14 heavy (non-hydrogen) atoms. The van der Waals surface area contributed by atoms with Crippen molar-refractivity contribution in [3.63, 3.8) is 0 Å². The van der Waals surface area contributed by atoms with Gasteiger partial charge in [-0.05, 0) is 17.7 Å². The largest absolute Gasteiger partial charge is 0.336 e. The molecule has 0 unspecified atom stereocenters. The number of carbonyl (C=O) groups excluding carboxylic acids is 1. The van der Waals surface area contributed by atoms with Gasteiger partial charge in [-0.2, -0.15) is 0 Å². The number of hydrogen-bond acceptors (Lipinski definition) is 1. The van der Waals surface area contributed by atoms with E-state index in [1.54, 1.807) is 12.1 Å². The summed E-state index contributed by atoms with van der Waals surface area (Å²) in [6, 6.07) is 5.02. The molecule has 1 aliphatic rings. The van der Waals surface area contributed by atoms with Crippen molar-refractivity contribution in [2.75, 3.05) is 6.54 Å². The lowest BCUT2D eigenvalue weighted by atomic mass is 10.1. The van der Waals surface area contributed by atoms with Crippen LogP contribution in [0.4, 0.5) is 4.79 Å². The second kappa shape index (κ2) is 3.67. The highest BCUT2D eigenvalue weighted by Crippen LogP contribution is 2.27. The van der Waals surface area contributed by atoms with E-state index in [-0.39, 0.29) is 12.1 Å². The Morgan fingerprint density at radius 2 is 2.14 bits per heavy atom. The molecule has 0 bridgehead atoms.